The van der Waals surface area contributed by atoms with E-state index in [-0.39, 0.29) is 36.1 Å². The standard InChI is InChI=1S/C20H16N2O4/c1-3-13-14(4-2)18(24)21(17(13)23)11-7-8-12-22-19(25)15-9-5-6-10-16(15)20(22)26/h3-10H,1-2,11-12H2/b8-7-. The van der Waals surface area contributed by atoms with Gasteiger partial charge in [0.2, 0.25) is 0 Å². The molecule has 4 amide bonds. The van der Waals surface area contributed by atoms with Crippen molar-refractivity contribution in [1.29, 1.82) is 0 Å². The predicted molar refractivity (Wildman–Crippen MR) is 95.1 cm³/mol. The Balaban J connectivity index is 1.65. The van der Waals surface area contributed by atoms with Gasteiger partial charge in [-0.3, -0.25) is 29.0 Å². The zero-order valence-corrected chi connectivity index (χ0v) is 14.0. The third-order valence-electron chi connectivity index (χ3n) is 4.27. The van der Waals surface area contributed by atoms with Crippen LogP contribution in [0.25, 0.3) is 0 Å². The average Bonchev–Trinajstić information content (AvgIpc) is 3.03. The highest BCUT2D eigenvalue weighted by Gasteiger charge is 2.35. The van der Waals surface area contributed by atoms with Gasteiger partial charge in [0.05, 0.1) is 22.3 Å². The minimum absolute atomic E-state index is 0.0372. The Morgan fingerprint density at radius 3 is 1.46 bits per heavy atom. The van der Waals surface area contributed by atoms with Gasteiger partial charge in [0.15, 0.2) is 0 Å². The number of carbonyl (C=O) groups is 4. The van der Waals surface area contributed by atoms with E-state index in [2.05, 4.69) is 13.2 Å². The first-order valence-electron chi connectivity index (χ1n) is 7.96. The number of fused-ring (bicyclic) bond motifs is 1. The Morgan fingerprint density at radius 2 is 1.08 bits per heavy atom. The second-order valence-corrected chi connectivity index (χ2v) is 5.69. The highest BCUT2D eigenvalue weighted by molar-refractivity contribution is 6.22. The number of hydrogen-bond acceptors (Lipinski definition) is 4. The summed E-state index contributed by atoms with van der Waals surface area (Å²) in [7, 11) is 0. The second-order valence-electron chi connectivity index (χ2n) is 5.69. The molecule has 0 saturated carbocycles. The molecule has 6 heteroatoms. The molecule has 0 atom stereocenters. The minimum atomic E-state index is -0.440. The van der Waals surface area contributed by atoms with Crippen LogP contribution < -0.4 is 0 Å². The molecule has 1 aromatic carbocycles. The van der Waals surface area contributed by atoms with Gasteiger partial charge in [-0.25, -0.2) is 0 Å². The zero-order chi connectivity index (χ0) is 18.8. The van der Waals surface area contributed by atoms with E-state index in [0.717, 1.165) is 9.80 Å². The highest BCUT2D eigenvalue weighted by Crippen LogP contribution is 2.23. The lowest BCUT2D eigenvalue weighted by atomic mass is 10.1. The number of amides is 4. The molecule has 1 aromatic rings. The van der Waals surface area contributed by atoms with Crippen LogP contribution in [-0.2, 0) is 9.59 Å². The molecule has 0 bridgehead atoms. The van der Waals surface area contributed by atoms with Crippen LogP contribution in [0.2, 0.25) is 0 Å². The zero-order valence-electron chi connectivity index (χ0n) is 14.0. The van der Waals surface area contributed by atoms with Crippen molar-refractivity contribution in [3.05, 3.63) is 84.0 Å². The summed E-state index contributed by atoms with van der Waals surface area (Å²) in [6, 6.07) is 6.63. The van der Waals surface area contributed by atoms with Crippen molar-refractivity contribution in [3.8, 4) is 0 Å². The summed E-state index contributed by atoms with van der Waals surface area (Å²) in [6.45, 7) is 7.19. The fourth-order valence-electron chi connectivity index (χ4n) is 2.94. The summed E-state index contributed by atoms with van der Waals surface area (Å²) in [6.07, 6.45) is 5.83. The van der Waals surface area contributed by atoms with Crippen LogP contribution in [0, 0.1) is 0 Å². The molecular weight excluding hydrogens is 332 g/mol. The van der Waals surface area contributed by atoms with Crippen LogP contribution in [0.3, 0.4) is 0 Å². The number of carbonyl (C=O) groups excluding carboxylic acids is 4. The summed E-state index contributed by atoms with van der Waals surface area (Å²) in [5, 5.41) is 0. The van der Waals surface area contributed by atoms with Crippen LogP contribution >= 0.6 is 0 Å². The molecule has 0 spiro atoms. The molecule has 0 saturated heterocycles. The van der Waals surface area contributed by atoms with Crippen LogP contribution in [0.1, 0.15) is 20.7 Å². The van der Waals surface area contributed by atoms with Crippen LogP contribution in [-0.4, -0.2) is 46.5 Å². The Bertz CT molecular complexity index is 858. The third-order valence-corrected chi connectivity index (χ3v) is 4.27. The number of benzene rings is 1. The average molecular weight is 348 g/mol. The lowest BCUT2D eigenvalue weighted by Gasteiger charge is -2.13. The SMILES string of the molecule is C=CC1=C(C=C)C(=O)N(C/C=C\CN2C(=O)c3ccccc3C2=O)C1=O. The van der Waals surface area contributed by atoms with E-state index in [1.807, 2.05) is 0 Å². The minimum Gasteiger partial charge on any atom is -0.270 e. The Morgan fingerprint density at radius 1 is 0.692 bits per heavy atom. The molecule has 0 aliphatic carbocycles. The van der Waals surface area contributed by atoms with Gasteiger partial charge in [0, 0.05) is 13.1 Å². The Kier molecular flexibility index (Phi) is 4.49. The summed E-state index contributed by atoms with van der Waals surface area (Å²) in [5.41, 5.74) is 1.20. The van der Waals surface area contributed by atoms with E-state index in [1.165, 1.54) is 12.2 Å². The molecule has 2 aliphatic heterocycles. The molecule has 2 heterocycles. The van der Waals surface area contributed by atoms with Crippen molar-refractivity contribution in [2.24, 2.45) is 0 Å². The topological polar surface area (TPSA) is 74.8 Å². The molecule has 0 unspecified atom stereocenters. The maximum absolute atomic E-state index is 12.2. The molecule has 0 N–H and O–H groups in total. The van der Waals surface area contributed by atoms with Crippen LogP contribution in [0.4, 0.5) is 0 Å². The van der Waals surface area contributed by atoms with E-state index >= 15 is 0 Å². The molecule has 130 valence electrons. The maximum Gasteiger partial charge on any atom is 0.261 e. The molecule has 3 rings (SSSR count). The summed E-state index contributed by atoms with van der Waals surface area (Å²) < 4.78 is 0. The monoisotopic (exact) mass is 348 g/mol. The third kappa shape index (κ3) is 2.61. The Hall–Kier alpha value is -3.54. The summed E-state index contributed by atoms with van der Waals surface area (Å²) in [5.74, 6) is -1.59. The number of imide groups is 2. The van der Waals surface area contributed by atoms with Gasteiger partial charge in [0.25, 0.3) is 23.6 Å². The molecular formula is C20H16N2O4. The number of rotatable bonds is 6. The van der Waals surface area contributed by atoms with Gasteiger partial charge in [-0.15, -0.1) is 0 Å². The summed E-state index contributed by atoms with van der Waals surface area (Å²) >= 11 is 0. The molecule has 0 radical (unpaired) electrons. The summed E-state index contributed by atoms with van der Waals surface area (Å²) in [4.78, 5) is 51.1. The van der Waals surface area contributed by atoms with Crippen LogP contribution in [0.5, 0.6) is 0 Å². The quantitative estimate of drug-likeness (QED) is 0.581. The van der Waals surface area contributed by atoms with Crippen molar-refractivity contribution in [1.82, 2.24) is 9.80 Å². The van der Waals surface area contributed by atoms with Gasteiger partial charge in [-0.1, -0.05) is 49.6 Å². The predicted octanol–water partition coefficient (Wildman–Crippen LogP) is 1.88. The highest BCUT2D eigenvalue weighted by atomic mass is 16.2. The molecule has 0 aromatic heterocycles. The van der Waals surface area contributed by atoms with E-state index in [9.17, 15) is 19.2 Å². The van der Waals surface area contributed by atoms with Crippen LogP contribution in [0.15, 0.2) is 72.9 Å². The number of hydrogen-bond donors (Lipinski definition) is 0. The van der Waals surface area contributed by atoms with E-state index < -0.39 is 11.8 Å². The largest absolute Gasteiger partial charge is 0.270 e. The van der Waals surface area contributed by atoms with Gasteiger partial charge in [-0.2, -0.15) is 0 Å². The normalized spacial score (nSPS) is 16.9. The fourth-order valence-corrected chi connectivity index (χ4v) is 2.94. The Labute approximate surface area is 150 Å². The van der Waals surface area contributed by atoms with Gasteiger partial charge in [-0.05, 0) is 12.1 Å². The first kappa shape index (κ1) is 17.3. The fraction of sp³-hybridized carbons (Fsp3) is 0.100. The lowest BCUT2D eigenvalue weighted by molar-refractivity contribution is -0.136. The first-order valence-corrected chi connectivity index (χ1v) is 7.96. The second kappa shape index (κ2) is 6.76. The van der Waals surface area contributed by atoms with Crippen molar-refractivity contribution >= 4 is 23.6 Å². The molecule has 26 heavy (non-hydrogen) atoms. The van der Waals surface area contributed by atoms with E-state index in [4.69, 9.17) is 0 Å². The van der Waals surface area contributed by atoms with Crippen molar-refractivity contribution in [2.45, 2.75) is 0 Å². The van der Waals surface area contributed by atoms with E-state index in [1.54, 1.807) is 36.4 Å². The van der Waals surface area contributed by atoms with E-state index in [0.29, 0.717) is 11.1 Å². The lowest BCUT2D eigenvalue weighted by Crippen LogP contribution is -2.32. The van der Waals surface area contributed by atoms with Crippen molar-refractivity contribution in [3.63, 3.8) is 0 Å². The smallest absolute Gasteiger partial charge is 0.261 e. The molecule has 2 aliphatic rings. The molecule has 0 fully saturated rings. The van der Waals surface area contributed by atoms with Gasteiger partial charge < -0.3 is 0 Å². The maximum atomic E-state index is 12.2. The number of nitrogens with zero attached hydrogens (tertiary/aromatic N) is 2. The van der Waals surface area contributed by atoms with Crippen molar-refractivity contribution in [2.75, 3.05) is 13.1 Å². The van der Waals surface area contributed by atoms with Gasteiger partial charge >= 0.3 is 0 Å². The molecule has 6 nitrogen and oxygen atoms in total. The van der Waals surface area contributed by atoms with Gasteiger partial charge in [0.1, 0.15) is 0 Å². The first-order chi connectivity index (χ1) is 12.5. The van der Waals surface area contributed by atoms with Crippen molar-refractivity contribution < 1.29 is 19.2 Å².